The highest BCUT2D eigenvalue weighted by molar-refractivity contribution is 7.89. The molecule has 0 aliphatic heterocycles. The van der Waals surface area contributed by atoms with E-state index >= 15 is 0 Å². The van der Waals surface area contributed by atoms with Crippen molar-refractivity contribution in [3.8, 4) is 5.75 Å². The van der Waals surface area contributed by atoms with Gasteiger partial charge in [-0.2, -0.15) is 13.5 Å². The van der Waals surface area contributed by atoms with Crippen molar-refractivity contribution in [3.63, 3.8) is 0 Å². The average molecular weight is 415 g/mol. The molecular formula is C21H19ClN2O3S. The monoisotopic (exact) mass is 414 g/mol. The van der Waals surface area contributed by atoms with E-state index in [9.17, 15) is 8.42 Å². The van der Waals surface area contributed by atoms with Gasteiger partial charge in [-0.25, -0.2) is 4.83 Å². The van der Waals surface area contributed by atoms with Crippen molar-refractivity contribution < 1.29 is 13.2 Å². The van der Waals surface area contributed by atoms with Crippen LogP contribution in [-0.4, -0.2) is 14.6 Å². The van der Waals surface area contributed by atoms with Crippen molar-refractivity contribution in [1.82, 2.24) is 4.83 Å². The Hall–Kier alpha value is -2.83. The first-order valence-corrected chi connectivity index (χ1v) is 10.4. The van der Waals surface area contributed by atoms with E-state index in [4.69, 9.17) is 16.3 Å². The number of sulfonamides is 1. The molecule has 0 aromatic heterocycles. The molecule has 0 radical (unpaired) electrons. The maximum absolute atomic E-state index is 12.2. The van der Waals surface area contributed by atoms with Crippen LogP contribution >= 0.6 is 11.6 Å². The zero-order valence-electron chi connectivity index (χ0n) is 15.2. The van der Waals surface area contributed by atoms with E-state index in [2.05, 4.69) is 9.93 Å². The van der Waals surface area contributed by atoms with Crippen molar-refractivity contribution in [2.24, 2.45) is 5.10 Å². The minimum atomic E-state index is -3.68. The standard InChI is InChI=1S/C21H19ClN2O3S/c1-16-6-12-20(13-7-16)28(25,26)24-23-14-17-8-10-19(11-9-17)27-15-18-4-2-3-5-21(18)22/h2-14,24H,15H2,1H3/b23-14-. The molecule has 0 fully saturated rings. The van der Waals surface area contributed by atoms with Gasteiger partial charge in [0.2, 0.25) is 0 Å². The van der Waals surface area contributed by atoms with E-state index in [-0.39, 0.29) is 4.90 Å². The predicted octanol–water partition coefficient (Wildman–Crippen LogP) is 4.54. The van der Waals surface area contributed by atoms with Gasteiger partial charge >= 0.3 is 0 Å². The van der Waals surface area contributed by atoms with E-state index in [1.165, 1.54) is 18.3 Å². The molecule has 0 saturated heterocycles. The molecule has 0 bridgehead atoms. The van der Waals surface area contributed by atoms with E-state index < -0.39 is 10.0 Å². The lowest BCUT2D eigenvalue weighted by atomic mass is 10.2. The molecule has 3 aromatic rings. The summed E-state index contributed by atoms with van der Waals surface area (Å²) in [5.74, 6) is 0.678. The Balaban J connectivity index is 1.58. The number of benzene rings is 3. The van der Waals surface area contributed by atoms with Crippen molar-refractivity contribution in [1.29, 1.82) is 0 Å². The molecule has 28 heavy (non-hydrogen) atoms. The molecule has 0 unspecified atom stereocenters. The van der Waals surface area contributed by atoms with Gasteiger partial charge in [0.05, 0.1) is 11.1 Å². The van der Waals surface area contributed by atoms with Crippen LogP contribution in [-0.2, 0) is 16.6 Å². The summed E-state index contributed by atoms with van der Waals surface area (Å²) in [6, 6.07) is 21.2. The first-order chi connectivity index (χ1) is 13.4. The molecular weight excluding hydrogens is 396 g/mol. The Morgan fingerprint density at radius 1 is 1.00 bits per heavy atom. The maximum atomic E-state index is 12.2. The van der Waals surface area contributed by atoms with Crippen molar-refractivity contribution in [2.75, 3.05) is 0 Å². The number of halogens is 1. The second-order valence-corrected chi connectivity index (χ2v) is 8.18. The highest BCUT2D eigenvalue weighted by atomic mass is 35.5. The second-order valence-electron chi connectivity index (χ2n) is 6.12. The SMILES string of the molecule is Cc1ccc(S(=O)(=O)N/N=C\c2ccc(OCc3ccccc3Cl)cc2)cc1. The number of rotatable bonds is 7. The molecule has 0 atom stereocenters. The fourth-order valence-corrected chi connectivity index (χ4v) is 3.35. The first kappa shape index (κ1) is 19.9. The molecule has 5 nitrogen and oxygen atoms in total. The van der Waals surface area contributed by atoms with Crippen LogP contribution in [0.1, 0.15) is 16.7 Å². The predicted molar refractivity (Wildman–Crippen MR) is 111 cm³/mol. The smallest absolute Gasteiger partial charge is 0.276 e. The van der Waals surface area contributed by atoms with Crippen LogP contribution in [0.3, 0.4) is 0 Å². The highest BCUT2D eigenvalue weighted by Crippen LogP contribution is 2.18. The van der Waals surface area contributed by atoms with Gasteiger partial charge < -0.3 is 4.74 Å². The third-order valence-corrected chi connectivity index (χ3v) is 5.56. The second kappa shape index (κ2) is 8.91. The normalized spacial score (nSPS) is 11.5. The summed E-state index contributed by atoms with van der Waals surface area (Å²) in [5.41, 5.74) is 2.62. The highest BCUT2D eigenvalue weighted by Gasteiger charge is 2.11. The van der Waals surface area contributed by atoms with Crippen LogP contribution in [0.15, 0.2) is 82.8 Å². The number of hydrogen-bond donors (Lipinski definition) is 1. The number of hydrogen-bond acceptors (Lipinski definition) is 4. The van der Waals surface area contributed by atoms with Crippen LogP contribution in [0.2, 0.25) is 5.02 Å². The van der Waals surface area contributed by atoms with Crippen LogP contribution in [0, 0.1) is 6.92 Å². The molecule has 7 heteroatoms. The minimum absolute atomic E-state index is 0.165. The molecule has 144 valence electrons. The van der Waals surface area contributed by atoms with Gasteiger partial charge in [-0.05, 0) is 55.0 Å². The van der Waals surface area contributed by atoms with Gasteiger partial charge in [0.1, 0.15) is 12.4 Å². The summed E-state index contributed by atoms with van der Waals surface area (Å²) in [6.45, 7) is 2.26. The summed E-state index contributed by atoms with van der Waals surface area (Å²) < 4.78 is 30.1. The van der Waals surface area contributed by atoms with E-state index in [0.717, 1.165) is 16.7 Å². The molecule has 0 amide bonds. The van der Waals surface area contributed by atoms with Gasteiger partial charge in [-0.1, -0.05) is 47.5 Å². The van der Waals surface area contributed by atoms with Crippen LogP contribution < -0.4 is 9.57 Å². The fourth-order valence-electron chi connectivity index (χ4n) is 2.37. The number of nitrogens with one attached hydrogen (secondary N) is 1. The van der Waals surface area contributed by atoms with E-state index in [1.807, 2.05) is 31.2 Å². The van der Waals surface area contributed by atoms with Gasteiger partial charge in [0.15, 0.2) is 0 Å². The molecule has 0 heterocycles. The zero-order chi connectivity index (χ0) is 20.0. The van der Waals surface area contributed by atoms with Gasteiger partial charge in [0, 0.05) is 10.6 Å². The maximum Gasteiger partial charge on any atom is 0.276 e. The number of aryl methyl sites for hydroxylation is 1. The molecule has 0 aliphatic rings. The summed E-state index contributed by atoms with van der Waals surface area (Å²) in [4.78, 5) is 2.37. The first-order valence-electron chi connectivity index (χ1n) is 8.52. The third kappa shape index (κ3) is 5.34. The van der Waals surface area contributed by atoms with Crippen LogP contribution in [0.5, 0.6) is 5.75 Å². The van der Waals surface area contributed by atoms with Crippen molar-refractivity contribution >= 4 is 27.8 Å². The molecule has 0 saturated carbocycles. The fraction of sp³-hybridized carbons (Fsp3) is 0.0952. The third-order valence-electron chi connectivity index (χ3n) is 3.95. The summed E-state index contributed by atoms with van der Waals surface area (Å²) in [6.07, 6.45) is 1.43. The summed E-state index contributed by atoms with van der Waals surface area (Å²) in [5, 5.41) is 4.49. The minimum Gasteiger partial charge on any atom is -0.489 e. The molecule has 3 rings (SSSR count). The Kier molecular flexibility index (Phi) is 6.34. The summed E-state index contributed by atoms with van der Waals surface area (Å²) in [7, 11) is -3.68. The van der Waals surface area contributed by atoms with Gasteiger partial charge in [-0.3, -0.25) is 0 Å². The average Bonchev–Trinajstić information content (AvgIpc) is 2.69. The van der Waals surface area contributed by atoms with Crippen LogP contribution in [0.4, 0.5) is 0 Å². The largest absolute Gasteiger partial charge is 0.489 e. The Labute approximate surface area is 169 Å². The van der Waals surface area contributed by atoms with E-state index in [1.54, 1.807) is 36.4 Å². The molecule has 3 aromatic carbocycles. The zero-order valence-corrected chi connectivity index (χ0v) is 16.7. The number of ether oxygens (including phenoxy) is 1. The lowest BCUT2D eigenvalue weighted by Gasteiger charge is -2.08. The van der Waals surface area contributed by atoms with E-state index in [0.29, 0.717) is 17.4 Å². The lowest BCUT2D eigenvalue weighted by molar-refractivity contribution is 0.306. The Morgan fingerprint density at radius 2 is 1.68 bits per heavy atom. The number of nitrogens with zero attached hydrogens (tertiary/aromatic N) is 1. The Bertz CT molecular complexity index is 1060. The number of hydrazone groups is 1. The Morgan fingerprint density at radius 3 is 2.36 bits per heavy atom. The van der Waals surface area contributed by atoms with Crippen LogP contribution in [0.25, 0.3) is 0 Å². The molecule has 0 spiro atoms. The summed E-state index contributed by atoms with van der Waals surface area (Å²) >= 11 is 6.11. The topological polar surface area (TPSA) is 67.8 Å². The quantitative estimate of drug-likeness (QED) is 0.456. The van der Waals surface area contributed by atoms with Gasteiger partial charge in [-0.15, -0.1) is 0 Å². The lowest BCUT2D eigenvalue weighted by Crippen LogP contribution is -2.18. The molecule has 1 N–H and O–H groups in total. The van der Waals surface area contributed by atoms with Crippen molar-refractivity contribution in [3.05, 3.63) is 94.5 Å². The molecule has 0 aliphatic carbocycles. The van der Waals surface area contributed by atoms with Crippen molar-refractivity contribution in [2.45, 2.75) is 18.4 Å². The van der Waals surface area contributed by atoms with Gasteiger partial charge in [0.25, 0.3) is 10.0 Å².